The Bertz CT molecular complexity index is 336. The first kappa shape index (κ1) is 14.0. The van der Waals surface area contributed by atoms with Crippen molar-refractivity contribution in [2.75, 3.05) is 13.2 Å². The molecule has 1 unspecified atom stereocenters. The van der Waals surface area contributed by atoms with E-state index in [-0.39, 0.29) is 18.5 Å². The summed E-state index contributed by atoms with van der Waals surface area (Å²) in [5.74, 6) is 4.96. The van der Waals surface area contributed by atoms with E-state index in [1.807, 2.05) is 0 Å². The van der Waals surface area contributed by atoms with Crippen molar-refractivity contribution in [1.29, 1.82) is 0 Å². The van der Waals surface area contributed by atoms with Crippen LogP contribution in [0.2, 0.25) is 0 Å². The van der Waals surface area contributed by atoms with E-state index >= 15 is 0 Å². The first-order valence-electron chi connectivity index (χ1n) is 5.21. The maximum Gasteiger partial charge on any atom is 0.261 e. The standard InChI is InChI=1S/C11H15F3N2O/c12-9-3-1-2-8(6-9)10(16-15)4-5-17-7-11(13)14/h1-3,6,10-11,16H,4-5,7,15H2. The van der Waals surface area contributed by atoms with E-state index in [2.05, 4.69) is 5.43 Å². The third-order valence-electron chi connectivity index (χ3n) is 2.25. The van der Waals surface area contributed by atoms with Crippen LogP contribution in [0, 0.1) is 5.82 Å². The first-order chi connectivity index (χ1) is 8.13. The van der Waals surface area contributed by atoms with Crippen molar-refractivity contribution in [3.63, 3.8) is 0 Å². The zero-order chi connectivity index (χ0) is 12.7. The predicted octanol–water partition coefficient (Wildman–Crippen LogP) is 2.00. The highest BCUT2D eigenvalue weighted by atomic mass is 19.3. The van der Waals surface area contributed by atoms with Gasteiger partial charge < -0.3 is 4.74 Å². The third-order valence-corrected chi connectivity index (χ3v) is 2.25. The zero-order valence-electron chi connectivity index (χ0n) is 9.20. The number of rotatable bonds is 7. The van der Waals surface area contributed by atoms with E-state index in [1.54, 1.807) is 12.1 Å². The van der Waals surface area contributed by atoms with Crippen molar-refractivity contribution >= 4 is 0 Å². The molecule has 0 heterocycles. The first-order valence-corrected chi connectivity index (χ1v) is 5.21. The Labute approximate surface area is 97.7 Å². The van der Waals surface area contributed by atoms with E-state index in [1.165, 1.54) is 12.1 Å². The summed E-state index contributed by atoms with van der Waals surface area (Å²) < 4.78 is 41.3. The number of ether oxygens (including phenoxy) is 1. The number of nitrogens with one attached hydrogen (secondary N) is 1. The van der Waals surface area contributed by atoms with Crippen LogP contribution in [0.4, 0.5) is 13.2 Å². The minimum absolute atomic E-state index is 0.135. The van der Waals surface area contributed by atoms with Crippen LogP contribution < -0.4 is 11.3 Å². The van der Waals surface area contributed by atoms with Gasteiger partial charge in [0.05, 0.1) is 0 Å². The highest BCUT2D eigenvalue weighted by molar-refractivity contribution is 5.19. The molecule has 3 N–H and O–H groups in total. The van der Waals surface area contributed by atoms with Gasteiger partial charge in [0, 0.05) is 12.6 Å². The van der Waals surface area contributed by atoms with Crippen LogP contribution in [0.3, 0.4) is 0 Å². The number of hydrogen-bond acceptors (Lipinski definition) is 3. The summed E-state index contributed by atoms with van der Waals surface area (Å²) in [6, 6.07) is 5.63. The lowest BCUT2D eigenvalue weighted by Gasteiger charge is -2.16. The SMILES string of the molecule is NNC(CCOCC(F)F)c1cccc(F)c1. The summed E-state index contributed by atoms with van der Waals surface area (Å²) in [6.07, 6.45) is -2.08. The van der Waals surface area contributed by atoms with Gasteiger partial charge in [-0.05, 0) is 24.1 Å². The summed E-state index contributed by atoms with van der Waals surface area (Å²) in [5.41, 5.74) is 3.16. The largest absolute Gasteiger partial charge is 0.375 e. The second-order valence-electron chi connectivity index (χ2n) is 3.53. The van der Waals surface area contributed by atoms with Crippen molar-refractivity contribution < 1.29 is 17.9 Å². The molecule has 0 aromatic heterocycles. The predicted molar refractivity (Wildman–Crippen MR) is 57.9 cm³/mol. The molecule has 0 aliphatic rings. The minimum Gasteiger partial charge on any atom is -0.375 e. The summed E-state index contributed by atoms with van der Waals surface area (Å²) >= 11 is 0. The lowest BCUT2D eigenvalue weighted by atomic mass is 10.0. The van der Waals surface area contributed by atoms with Crippen molar-refractivity contribution in [2.24, 2.45) is 5.84 Å². The molecule has 0 amide bonds. The van der Waals surface area contributed by atoms with Gasteiger partial charge in [-0.3, -0.25) is 11.3 Å². The number of alkyl halides is 2. The molecular formula is C11H15F3N2O. The smallest absolute Gasteiger partial charge is 0.261 e. The summed E-state index contributed by atoms with van der Waals surface area (Å²) in [4.78, 5) is 0. The Morgan fingerprint density at radius 2 is 2.12 bits per heavy atom. The van der Waals surface area contributed by atoms with E-state index in [0.29, 0.717) is 12.0 Å². The van der Waals surface area contributed by atoms with Crippen LogP contribution in [0.25, 0.3) is 0 Å². The molecule has 1 aromatic carbocycles. The molecular weight excluding hydrogens is 233 g/mol. The van der Waals surface area contributed by atoms with E-state index in [9.17, 15) is 13.2 Å². The molecule has 0 spiro atoms. The molecule has 0 aliphatic heterocycles. The number of benzene rings is 1. The van der Waals surface area contributed by atoms with Gasteiger partial charge in [0.25, 0.3) is 6.43 Å². The molecule has 6 heteroatoms. The average Bonchev–Trinajstić information content (AvgIpc) is 2.29. The number of hydrazine groups is 1. The molecule has 0 fully saturated rings. The topological polar surface area (TPSA) is 47.3 Å². The maximum atomic E-state index is 13.0. The summed E-state index contributed by atoms with van der Waals surface area (Å²) in [7, 11) is 0. The van der Waals surface area contributed by atoms with E-state index in [0.717, 1.165) is 0 Å². The molecule has 1 atom stereocenters. The monoisotopic (exact) mass is 248 g/mol. The normalized spacial score (nSPS) is 13.0. The molecule has 0 bridgehead atoms. The second-order valence-corrected chi connectivity index (χ2v) is 3.53. The number of halogens is 3. The Kier molecular flexibility index (Phi) is 5.96. The maximum absolute atomic E-state index is 13.0. The molecule has 96 valence electrons. The Balaban J connectivity index is 2.43. The fourth-order valence-corrected chi connectivity index (χ4v) is 1.44. The van der Waals surface area contributed by atoms with Gasteiger partial charge in [-0.1, -0.05) is 12.1 Å². The van der Waals surface area contributed by atoms with Crippen molar-refractivity contribution in [2.45, 2.75) is 18.9 Å². The van der Waals surface area contributed by atoms with Gasteiger partial charge in [0.2, 0.25) is 0 Å². The van der Waals surface area contributed by atoms with E-state index in [4.69, 9.17) is 10.6 Å². The molecule has 0 radical (unpaired) electrons. The van der Waals surface area contributed by atoms with Gasteiger partial charge >= 0.3 is 0 Å². The van der Waals surface area contributed by atoms with Crippen LogP contribution in [-0.2, 0) is 4.74 Å². The van der Waals surface area contributed by atoms with Crippen LogP contribution in [0.15, 0.2) is 24.3 Å². The average molecular weight is 248 g/mol. The van der Waals surface area contributed by atoms with Crippen molar-refractivity contribution in [3.05, 3.63) is 35.6 Å². The second kappa shape index (κ2) is 7.26. The van der Waals surface area contributed by atoms with Crippen LogP contribution in [0.1, 0.15) is 18.0 Å². The molecule has 17 heavy (non-hydrogen) atoms. The molecule has 0 saturated carbocycles. The quantitative estimate of drug-likeness (QED) is 0.441. The molecule has 1 aromatic rings. The van der Waals surface area contributed by atoms with Gasteiger partial charge in [0.1, 0.15) is 12.4 Å². The Morgan fingerprint density at radius 1 is 1.35 bits per heavy atom. The van der Waals surface area contributed by atoms with Gasteiger partial charge in [-0.25, -0.2) is 13.2 Å². The molecule has 0 saturated heterocycles. The van der Waals surface area contributed by atoms with Gasteiger partial charge in [-0.2, -0.15) is 0 Å². The van der Waals surface area contributed by atoms with Crippen LogP contribution in [-0.4, -0.2) is 19.6 Å². The highest BCUT2D eigenvalue weighted by Crippen LogP contribution is 2.16. The summed E-state index contributed by atoms with van der Waals surface area (Å²) in [5, 5.41) is 0. The molecule has 3 nitrogen and oxygen atoms in total. The fraction of sp³-hybridized carbons (Fsp3) is 0.455. The van der Waals surface area contributed by atoms with Gasteiger partial charge in [-0.15, -0.1) is 0 Å². The van der Waals surface area contributed by atoms with Crippen molar-refractivity contribution in [1.82, 2.24) is 5.43 Å². The third kappa shape index (κ3) is 5.16. The zero-order valence-corrected chi connectivity index (χ0v) is 9.20. The summed E-state index contributed by atoms with van der Waals surface area (Å²) in [6.45, 7) is -0.462. The number of nitrogens with two attached hydrogens (primary N) is 1. The highest BCUT2D eigenvalue weighted by Gasteiger charge is 2.10. The van der Waals surface area contributed by atoms with E-state index < -0.39 is 13.0 Å². The number of hydrogen-bond donors (Lipinski definition) is 2. The molecule has 1 rings (SSSR count). The Hall–Kier alpha value is -1.11. The molecule has 0 aliphatic carbocycles. The minimum atomic E-state index is -2.48. The van der Waals surface area contributed by atoms with Gasteiger partial charge in [0.15, 0.2) is 0 Å². The van der Waals surface area contributed by atoms with Crippen LogP contribution >= 0.6 is 0 Å². The van der Waals surface area contributed by atoms with Crippen LogP contribution in [0.5, 0.6) is 0 Å². The Morgan fingerprint density at radius 3 is 2.71 bits per heavy atom. The van der Waals surface area contributed by atoms with Crippen molar-refractivity contribution in [3.8, 4) is 0 Å². The lowest BCUT2D eigenvalue weighted by Crippen LogP contribution is -2.29. The lowest BCUT2D eigenvalue weighted by molar-refractivity contribution is 0.0143. The fourth-order valence-electron chi connectivity index (χ4n) is 1.44.